The molecule has 0 amide bonds. The molecule has 0 aliphatic carbocycles. The molecule has 3 nitrogen and oxygen atoms in total. The fourth-order valence-corrected chi connectivity index (χ4v) is 4.40. The van der Waals surface area contributed by atoms with Crippen molar-refractivity contribution in [3.63, 3.8) is 0 Å². The summed E-state index contributed by atoms with van der Waals surface area (Å²) in [6.45, 7) is 9.90. The minimum absolute atomic E-state index is 0.175. The minimum atomic E-state index is -2.78. The van der Waals surface area contributed by atoms with Crippen molar-refractivity contribution in [2.75, 3.05) is 18.1 Å². The van der Waals surface area contributed by atoms with E-state index in [2.05, 4.69) is 33.0 Å². The first kappa shape index (κ1) is 15.0. The molecule has 1 aliphatic rings. The Morgan fingerprint density at radius 1 is 1.18 bits per heavy atom. The lowest BCUT2D eigenvalue weighted by molar-refractivity contribution is 0.265. The van der Waals surface area contributed by atoms with Crippen LogP contribution in [0.5, 0.6) is 0 Å². The van der Waals surface area contributed by atoms with Crippen molar-refractivity contribution < 1.29 is 8.42 Å². The molecule has 1 aliphatic heterocycles. The summed E-state index contributed by atoms with van der Waals surface area (Å²) in [4.78, 5) is 0. The summed E-state index contributed by atoms with van der Waals surface area (Å²) in [5.74, 6) is 2.61. The molecule has 4 heteroatoms. The van der Waals surface area contributed by atoms with Crippen molar-refractivity contribution in [3.05, 3.63) is 0 Å². The average Bonchev–Trinajstić information content (AvgIpc) is 2.15. The SMILES string of the molecule is CC(C)C(CNC1CCCS(=O)(=O)C1)C(C)C. The first-order valence-corrected chi connectivity index (χ1v) is 8.58. The summed E-state index contributed by atoms with van der Waals surface area (Å²) in [6.07, 6.45) is 1.82. The highest BCUT2D eigenvalue weighted by molar-refractivity contribution is 7.91. The van der Waals surface area contributed by atoms with Gasteiger partial charge >= 0.3 is 0 Å². The largest absolute Gasteiger partial charge is 0.313 e. The Morgan fingerprint density at radius 2 is 1.76 bits per heavy atom. The Labute approximate surface area is 106 Å². The average molecular weight is 261 g/mol. The zero-order valence-corrected chi connectivity index (χ0v) is 12.4. The number of nitrogens with one attached hydrogen (secondary N) is 1. The summed E-state index contributed by atoms with van der Waals surface area (Å²) >= 11 is 0. The lowest BCUT2D eigenvalue weighted by Crippen LogP contribution is -2.43. The molecule has 17 heavy (non-hydrogen) atoms. The van der Waals surface area contributed by atoms with E-state index in [1.165, 1.54) is 0 Å². The van der Waals surface area contributed by atoms with Crippen molar-refractivity contribution in [2.24, 2.45) is 17.8 Å². The van der Waals surface area contributed by atoms with Crippen LogP contribution in [-0.4, -0.2) is 32.5 Å². The number of hydrogen-bond acceptors (Lipinski definition) is 3. The highest BCUT2D eigenvalue weighted by Gasteiger charge is 2.26. The molecule has 102 valence electrons. The maximum absolute atomic E-state index is 11.5. The van der Waals surface area contributed by atoms with Crippen molar-refractivity contribution in [3.8, 4) is 0 Å². The fourth-order valence-electron chi connectivity index (χ4n) is 2.73. The van der Waals surface area contributed by atoms with Crippen LogP contribution in [0.15, 0.2) is 0 Å². The lowest BCUT2D eigenvalue weighted by Gasteiger charge is -2.29. The summed E-state index contributed by atoms with van der Waals surface area (Å²) in [6, 6.07) is 0.175. The van der Waals surface area contributed by atoms with Gasteiger partial charge in [-0.25, -0.2) is 8.42 Å². The van der Waals surface area contributed by atoms with Gasteiger partial charge in [0.25, 0.3) is 0 Å². The number of rotatable bonds is 5. The van der Waals surface area contributed by atoms with Gasteiger partial charge in [0.1, 0.15) is 0 Å². The summed E-state index contributed by atoms with van der Waals surface area (Å²) in [5, 5.41) is 3.46. The van der Waals surface area contributed by atoms with Crippen LogP contribution >= 0.6 is 0 Å². The van der Waals surface area contributed by atoms with E-state index in [9.17, 15) is 8.42 Å². The fraction of sp³-hybridized carbons (Fsp3) is 1.00. The zero-order chi connectivity index (χ0) is 13.1. The molecular formula is C13H27NO2S. The monoisotopic (exact) mass is 261 g/mol. The molecular weight excluding hydrogens is 234 g/mol. The third-order valence-corrected chi connectivity index (χ3v) is 5.64. The predicted octanol–water partition coefficient (Wildman–Crippen LogP) is 2.08. The van der Waals surface area contributed by atoms with Crippen LogP contribution in [0, 0.1) is 17.8 Å². The Hall–Kier alpha value is -0.0900. The van der Waals surface area contributed by atoms with Crippen molar-refractivity contribution >= 4 is 9.84 Å². The smallest absolute Gasteiger partial charge is 0.151 e. The lowest BCUT2D eigenvalue weighted by atomic mass is 9.85. The second kappa shape index (κ2) is 6.19. The molecule has 1 saturated heterocycles. The highest BCUT2D eigenvalue weighted by Crippen LogP contribution is 2.20. The normalized spacial score (nSPS) is 24.8. The molecule has 1 rings (SSSR count). The standard InChI is InChI=1S/C13H27NO2S/c1-10(2)13(11(3)4)8-14-12-6-5-7-17(15,16)9-12/h10-14H,5-9H2,1-4H3. The number of sulfone groups is 1. The summed E-state index contributed by atoms with van der Waals surface area (Å²) in [5.41, 5.74) is 0. The van der Waals surface area contributed by atoms with Gasteiger partial charge < -0.3 is 5.32 Å². The summed E-state index contributed by atoms with van der Waals surface area (Å²) in [7, 11) is -2.78. The van der Waals surface area contributed by atoms with Gasteiger partial charge in [0.2, 0.25) is 0 Å². The molecule has 0 aromatic heterocycles. The highest BCUT2D eigenvalue weighted by atomic mass is 32.2. The molecule has 0 saturated carbocycles. The second-order valence-electron chi connectivity index (χ2n) is 6.01. The van der Waals surface area contributed by atoms with E-state index in [1.807, 2.05) is 0 Å². The van der Waals surface area contributed by atoms with Gasteiger partial charge in [0, 0.05) is 6.04 Å². The van der Waals surface area contributed by atoms with Crippen LogP contribution in [0.1, 0.15) is 40.5 Å². The van der Waals surface area contributed by atoms with E-state index in [-0.39, 0.29) is 6.04 Å². The topological polar surface area (TPSA) is 46.2 Å². The van der Waals surface area contributed by atoms with E-state index < -0.39 is 9.84 Å². The predicted molar refractivity (Wildman–Crippen MR) is 72.8 cm³/mol. The zero-order valence-electron chi connectivity index (χ0n) is 11.6. The second-order valence-corrected chi connectivity index (χ2v) is 8.24. The third-order valence-electron chi connectivity index (χ3n) is 3.82. The molecule has 0 bridgehead atoms. The quantitative estimate of drug-likeness (QED) is 0.824. The van der Waals surface area contributed by atoms with Crippen LogP contribution in [0.3, 0.4) is 0 Å². The van der Waals surface area contributed by atoms with Gasteiger partial charge in [-0.1, -0.05) is 27.7 Å². The maximum Gasteiger partial charge on any atom is 0.151 e. The van der Waals surface area contributed by atoms with Gasteiger partial charge in [-0.3, -0.25) is 0 Å². The van der Waals surface area contributed by atoms with E-state index in [1.54, 1.807) is 0 Å². The van der Waals surface area contributed by atoms with Crippen LogP contribution < -0.4 is 5.32 Å². The van der Waals surface area contributed by atoms with Gasteiger partial charge in [-0.15, -0.1) is 0 Å². The van der Waals surface area contributed by atoms with E-state index >= 15 is 0 Å². The van der Waals surface area contributed by atoms with Gasteiger partial charge in [0.15, 0.2) is 9.84 Å². The number of hydrogen-bond donors (Lipinski definition) is 1. The maximum atomic E-state index is 11.5. The van der Waals surface area contributed by atoms with Crippen molar-refractivity contribution in [1.82, 2.24) is 5.32 Å². The summed E-state index contributed by atoms with van der Waals surface area (Å²) < 4.78 is 23.1. The Kier molecular flexibility index (Phi) is 5.45. The van der Waals surface area contributed by atoms with Crippen LogP contribution in [0.4, 0.5) is 0 Å². The third kappa shape index (κ3) is 4.96. The van der Waals surface area contributed by atoms with Gasteiger partial charge in [0.05, 0.1) is 11.5 Å². The van der Waals surface area contributed by atoms with Gasteiger partial charge in [-0.05, 0) is 37.1 Å². The molecule has 0 spiro atoms. The molecule has 0 aromatic rings. The molecule has 0 radical (unpaired) electrons. The Balaban J connectivity index is 2.44. The van der Waals surface area contributed by atoms with Crippen LogP contribution in [0.2, 0.25) is 0 Å². The van der Waals surface area contributed by atoms with Crippen molar-refractivity contribution in [1.29, 1.82) is 0 Å². The molecule has 1 heterocycles. The molecule has 1 fully saturated rings. The van der Waals surface area contributed by atoms with Crippen molar-refractivity contribution in [2.45, 2.75) is 46.6 Å². The molecule has 1 unspecified atom stereocenters. The Morgan fingerprint density at radius 3 is 2.24 bits per heavy atom. The first-order valence-electron chi connectivity index (χ1n) is 6.75. The van der Waals surface area contributed by atoms with Gasteiger partial charge in [-0.2, -0.15) is 0 Å². The van der Waals surface area contributed by atoms with Crippen LogP contribution in [-0.2, 0) is 9.84 Å². The minimum Gasteiger partial charge on any atom is -0.313 e. The molecule has 0 aromatic carbocycles. The molecule has 1 atom stereocenters. The van der Waals surface area contributed by atoms with E-state index in [0.717, 1.165) is 19.4 Å². The van der Waals surface area contributed by atoms with E-state index in [4.69, 9.17) is 0 Å². The first-order chi connectivity index (χ1) is 7.82. The Bertz CT molecular complexity index is 314. The van der Waals surface area contributed by atoms with E-state index in [0.29, 0.717) is 29.3 Å². The molecule has 1 N–H and O–H groups in total. The van der Waals surface area contributed by atoms with Crippen LogP contribution in [0.25, 0.3) is 0 Å².